The quantitative estimate of drug-likeness (QED) is 0.688. The molecule has 0 aliphatic carbocycles. The smallest absolute Gasteiger partial charge is 0.344 e. The van der Waals surface area contributed by atoms with Crippen LogP contribution >= 0.6 is 11.8 Å². The summed E-state index contributed by atoms with van der Waals surface area (Å²) in [6, 6.07) is 12.9. The number of benzene rings is 2. The van der Waals surface area contributed by atoms with Gasteiger partial charge in [0.15, 0.2) is 11.3 Å². The van der Waals surface area contributed by atoms with E-state index in [4.69, 9.17) is 4.74 Å². The first kappa shape index (κ1) is 20.7. The monoisotopic (exact) mass is 410 g/mol. The van der Waals surface area contributed by atoms with Gasteiger partial charge in [-0.3, -0.25) is 4.79 Å². The number of hydrogen-bond donors (Lipinski definition) is 2. The minimum absolute atomic E-state index is 0.252. The van der Waals surface area contributed by atoms with Crippen molar-refractivity contribution >= 4 is 40.6 Å². The Hall–Kier alpha value is -3.06. The summed E-state index contributed by atoms with van der Waals surface area (Å²) >= 11 is 1.24. The number of hydrogen-bond acceptors (Lipinski definition) is 5. The Bertz CT molecular complexity index is 1010. The second kappa shape index (κ2) is 8.96. The molecule has 1 saturated heterocycles. The summed E-state index contributed by atoms with van der Waals surface area (Å²) in [6.45, 7) is 5.80. The van der Waals surface area contributed by atoms with Crippen molar-refractivity contribution in [2.45, 2.75) is 33.3 Å². The van der Waals surface area contributed by atoms with Crippen LogP contribution in [-0.2, 0) is 9.59 Å². The van der Waals surface area contributed by atoms with Gasteiger partial charge in [-0.2, -0.15) is 0 Å². The van der Waals surface area contributed by atoms with E-state index < -0.39 is 12.1 Å². The van der Waals surface area contributed by atoms with Crippen LogP contribution in [0.3, 0.4) is 0 Å². The number of carbonyl (C=O) groups excluding carboxylic acids is 1. The molecule has 1 atom stereocenters. The Morgan fingerprint density at radius 3 is 2.69 bits per heavy atom. The molecule has 29 heavy (non-hydrogen) atoms. The van der Waals surface area contributed by atoms with Gasteiger partial charge in [-0.05, 0) is 67.4 Å². The maximum absolute atomic E-state index is 12.4. The van der Waals surface area contributed by atoms with E-state index in [1.807, 2.05) is 38.1 Å². The van der Waals surface area contributed by atoms with Gasteiger partial charge in [-0.15, -0.1) is 0 Å². The molecule has 0 saturated carbocycles. The number of aryl methyl sites for hydroxylation is 2. The number of ether oxygens (including phenoxy) is 1. The number of carbonyl (C=O) groups is 2. The van der Waals surface area contributed by atoms with E-state index in [0.717, 1.165) is 11.3 Å². The molecule has 2 aromatic rings. The first-order valence-corrected chi connectivity index (χ1v) is 10.0. The first-order chi connectivity index (χ1) is 13.9. The highest BCUT2D eigenvalue weighted by Crippen LogP contribution is 2.31. The Balaban J connectivity index is 1.84. The molecule has 1 amide bonds. The molecular weight excluding hydrogens is 388 g/mol. The lowest BCUT2D eigenvalue weighted by molar-refractivity contribution is -0.145. The summed E-state index contributed by atoms with van der Waals surface area (Å²) in [5.74, 6) is -0.856. The average Bonchev–Trinajstić information content (AvgIpc) is 3.02. The lowest BCUT2D eigenvalue weighted by Gasteiger charge is -2.15. The standard InChI is InChI=1S/C22H22N2O4S/c1-4-17(21(26)27)28-18-8-6-5-7-15(18)12-19-20(25)24-22(29-19)23-16-10-9-13(2)14(3)11-16/h5-12,17H,4H2,1-3H3,(H,26,27)(H,23,24,25)/b19-12+. The van der Waals surface area contributed by atoms with Crippen LogP contribution in [0.5, 0.6) is 5.75 Å². The number of carboxylic acid groups (broad SMARTS) is 1. The normalized spacial score (nSPS) is 17.4. The van der Waals surface area contributed by atoms with Crippen LogP contribution < -0.4 is 10.1 Å². The molecular formula is C22H22N2O4S. The average molecular weight is 410 g/mol. The summed E-state index contributed by atoms with van der Waals surface area (Å²) in [5.41, 5.74) is 3.72. The largest absolute Gasteiger partial charge is 0.479 e. The highest BCUT2D eigenvalue weighted by Gasteiger charge is 2.25. The van der Waals surface area contributed by atoms with Gasteiger partial charge in [0.25, 0.3) is 5.91 Å². The van der Waals surface area contributed by atoms with Gasteiger partial charge in [0.1, 0.15) is 5.75 Å². The second-order valence-corrected chi connectivity index (χ2v) is 7.67. The number of thioether (sulfide) groups is 1. The summed E-state index contributed by atoms with van der Waals surface area (Å²) < 4.78 is 5.63. The van der Waals surface area contributed by atoms with Gasteiger partial charge in [-0.1, -0.05) is 31.2 Å². The van der Waals surface area contributed by atoms with E-state index in [1.165, 1.54) is 17.3 Å². The molecule has 2 N–H and O–H groups in total. The number of para-hydroxylation sites is 1. The number of aliphatic carboxylic acids is 1. The fourth-order valence-electron chi connectivity index (χ4n) is 2.70. The number of amides is 1. The Labute approximate surface area is 173 Å². The number of aliphatic imine (C=N–C) groups is 1. The number of amidine groups is 1. The zero-order valence-electron chi connectivity index (χ0n) is 16.4. The molecule has 0 bridgehead atoms. The van der Waals surface area contributed by atoms with Gasteiger partial charge in [0, 0.05) is 5.56 Å². The minimum atomic E-state index is -1.02. The van der Waals surface area contributed by atoms with Crippen LogP contribution in [0.1, 0.15) is 30.0 Å². The van der Waals surface area contributed by atoms with Gasteiger partial charge in [0.2, 0.25) is 0 Å². The number of nitrogens with zero attached hydrogens (tertiary/aromatic N) is 1. The third-order valence-corrected chi connectivity index (χ3v) is 5.40. The summed E-state index contributed by atoms with van der Waals surface area (Å²) in [5, 5.41) is 12.5. The molecule has 1 aliphatic heterocycles. The van der Waals surface area contributed by atoms with E-state index >= 15 is 0 Å². The van der Waals surface area contributed by atoms with Crippen LogP contribution in [-0.4, -0.2) is 28.3 Å². The maximum Gasteiger partial charge on any atom is 0.344 e. The molecule has 150 valence electrons. The zero-order chi connectivity index (χ0) is 21.0. The molecule has 0 aromatic heterocycles. The third kappa shape index (κ3) is 5.06. The van der Waals surface area contributed by atoms with Crippen LogP contribution in [0.2, 0.25) is 0 Å². The van der Waals surface area contributed by atoms with Crippen molar-refractivity contribution in [3.05, 3.63) is 64.1 Å². The van der Waals surface area contributed by atoms with E-state index in [2.05, 4.69) is 10.3 Å². The molecule has 1 heterocycles. The van der Waals surface area contributed by atoms with Crippen molar-refractivity contribution in [1.82, 2.24) is 5.32 Å². The number of nitrogens with one attached hydrogen (secondary N) is 1. The molecule has 0 radical (unpaired) electrons. The zero-order valence-corrected chi connectivity index (χ0v) is 17.2. The van der Waals surface area contributed by atoms with Gasteiger partial charge in [-0.25, -0.2) is 9.79 Å². The van der Waals surface area contributed by atoms with Gasteiger partial charge < -0.3 is 15.2 Å². The van der Waals surface area contributed by atoms with E-state index in [-0.39, 0.29) is 5.91 Å². The third-order valence-electron chi connectivity index (χ3n) is 4.49. The summed E-state index contributed by atoms with van der Waals surface area (Å²) in [6.07, 6.45) is 1.08. The van der Waals surface area contributed by atoms with Crippen LogP contribution in [0.25, 0.3) is 6.08 Å². The summed E-state index contributed by atoms with van der Waals surface area (Å²) in [7, 11) is 0. The van der Waals surface area contributed by atoms with Crippen molar-refractivity contribution in [3.63, 3.8) is 0 Å². The van der Waals surface area contributed by atoms with Gasteiger partial charge >= 0.3 is 5.97 Å². The van der Waals surface area contributed by atoms with Crippen molar-refractivity contribution in [3.8, 4) is 5.75 Å². The van der Waals surface area contributed by atoms with E-state index in [9.17, 15) is 14.7 Å². The predicted molar refractivity (Wildman–Crippen MR) is 116 cm³/mol. The molecule has 7 heteroatoms. The fourth-order valence-corrected chi connectivity index (χ4v) is 3.54. The lowest BCUT2D eigenvalue weighted by atomic mass is 10.1. The van der Waals surface area contributed by atoms with Crippen molar-refractivity contribution in [2.24, 2.45) is 4.99 Å². The Morgan fingerprint density at radius 2 is 2.00 bits per heavy atom. The van der Waals surface area contributed by atoms with Crippen LogP contribution in [0.4, 0.5) is 5.69 Å². The van der Waals surface area contributed by atoms with Gasteiger partial charge in [0.05, 0.1) is 10.6 Å². The molecule has 1 aliphatic rings. The minimum Gasteiger partial charge on any atom is -0.479 e. The lowest BCUT2D eigenvalue weighted by Crippen LogP contribution is -2.26. The van der Waals surface area contributed by atoms with E-state index in [0.29, 0.717) is 27.8 Å². The van der Waals surface area contributed by atoms with Crippen LogP contribution in [0.15, 0.2) is 52.4 Å². The molecule has 6 nitrogen and oxygen atoms in total. The topological polar surface area (TPSA) is 88.0 Å². The molecule has 2 aromatic carbocycles. The van der Waals surface area contributed by atoms with Crippen molar-refractivity contribution in [2.75, 3.05) is 0 Å². The fraction of sp³-hybridized carbons (Fsp3) is 0.227. The second-order valence-electron chi connectivity index (χ2n) is 6.64. The van der Waals surface area contributed by atoms with Crippen molar-refractivity contribution < 1.29 is 19.4 Å². The first-order valence-electron chi connectivity index (χ1n) is 9.22. The number of carboxylic acids is 1. The highest BCUT2D eigenvalue weighted by molar-refractivity contribution is 8.18. The van der Waals surface area contributed by atoms with E-state index in [1.54, 1.807) is 31.2 Å². The molecule has 1 fully saturated rings. The number of rotatable bonds is 6. The maximum atomic E-state index is 12.4. The Kier molecular flexibility index (Phi) is 6.39. The molecule has 0 spiro atoms. The molecule has 1 unspecified atom stereocenters. The molecule has 3 rings (SSSR count). The predicted octanol–water partition coefficient (Wildman–Crippen LogP) is 4.44. The Morgan fingerprint density at radius 1 is 1.24 bits per heavy atom. The van der Waals surface area contributed by atoms with Crippen molar-refractivity contribution in [1.29, 1.82) is 0 Å². The highest BCUT2D eigenvalue weighted by atomic mass is 32.2. The summed E-state index contributed by atoms with van der Waals surface area (Å²) in [4.78, 5) is 28.6. The van der Waals surface area contributed by atoms with Crippen LogP contribution in [0, 0.1) is 13.8 Å². The SMILES string of the molecule is CCC(Oc1ccccc1/C=C1/SC(=Nc2ccc(C)c(C)c2)NC1=O)C(=O)O.